The number of hydrogen-bond donors (Lipinski definition) is 1. The third kappa shape index (κ3) is 5.14. The molecule has 0 amide bonds. The summed E-state index contributed by atoms with van der Waals surface area (Å²) in [5.74, 6) is 0.294. The maximum atomic E-state index is 13.5. The van der Waals surface area contributed by atoms with Gasteiger partial charge in [0, 0.05) is 45.1 Å². The van der Waals surface area contributed by atoms with Crippen molar-refractivity contribution in [1.29, 1.82) is 0 Å². The molecule has 5 heterocycles. The van der Waals surface area contributed by atoms with E-state index in [0.717, 1.165) is 6.54 Å². The van der Waals surface area contributed by atoms with Crippen LogP contribution < -0.4 is 10.3 Å². The van der Waals surface area contributed by atoms with Crippen LogP contribution in [-0.4, -0.2) is 91.2 Å². The lowest BCUT2D eigenvalue weighted by atomic mass is 10.2. The van der Waals surface area contributed by atoms with Gasteiger partial charge in [-0.05, 0) is 33.4 Å². The van der Waals surface area contributed by atoms with Crippen molar-refractivity contribution in [2.45, 2.75) is 45.2 Å². The van der Waals surface area contributed by atoms with Crippen molar-refractivity contribution >= 4 is 21.1 Å². The SMILES string of the molecule is CCN1CCN(S(=O)(=O)c2cnc(OC(C)C)c(-c3nc4c(c(-c5cnccn5)nn4CC)c(=O)[nH]3)c2)CC1. The highest BCUT2D eigenvalue weighted by atomic mass is 32.2. The van der Waals surface area contributed by atoms with Crippen LogP contribution in [0.1, 0.15) is 27.7 Å². The number of aryl methyl sites for hydroxylation is 1. The average Bonchev–Trinajstić information content (AvgIpc) is 3.32. The Hall–Kier alpha value is -3.75. The summed E-state index contributed by atoms with van der Waals surface area (Å²) in [6.07, 6.45) is 5.64. The molecule has 4 aromatic heterocycles. The summed E-state index contributed by atoms with van der Waals surface area (Å²) in [7, 11) is -3.83. The highest BCUT2D eigenvalue weighted by Crippen LogP contribution is 2.31. The number of H-pyrrole nitrogens is 1. The van der Waals surface area contributed by atoms with E-state index in [1.165, 1.54) is 35.2 Å². The van der Waals surface area contributed by atoms with Gasteiger partial charge in [-0.15, -0.1) is 0 Å². The molecule has 0 aromatic carbocycles. The lowest BCUT2D eigenvalue weighted by molar-refractivity contribution is 0.196. The van der Waals surface area contributed by atoms with E-state index in [1.807, 2.05) is 20.8 Å². The molecule has 1 N–H and O–H groups in total. The first-order valence-corrected chi connectivity index (χ1v) is 14.3. The standard InChI is InChI=1S/C25H31N9O4S/c1-5-32-9-11-33(12-10-32)39(36,37)17-13-18(25(28-14-17)38-16(3)4)22-29-23-20(24(35)30-22)21(31-34(23)6-2)19-15-26-7-8-27-19/h7-8,13-16H,5-6,9-12H2,1-4H3,(H,29,30,35). The molecule has 5 rings (SSSR count). The van der Waals surface area contributed by atoms with Crippen LogP contribution in [0.15, 0.2) is 40.5 Å². The third-order valence-corrected chi connectivity index (χ3v) is 8.42. The fourth-order valence-electron chi connectivity index (χ4n) is 4.52. The van der Waals surface area contributed by atoms with Gasteiger partial charge in [0.05, 0.1) is 24.1 Å². The highest BCUT2D eigenvalue weighted by molar-refractivity contribution is 7.89. The molecule has 14 heteroatoms. The van der Waals surface area contributed by atoms with Crippen LogP contribution in [0.2, 0.25) is 0 Å². The number of rotatable bonds is 8. The third-order valence-electron chi connectivity index (χ3n) is 6.55. The lowest BCUT2D eigenvalue weighted by Gasteiger charge is -2.33. The van der Waals surface area contributed by atoms with E-state index in [1.54, 1.807) is 4.68 Å². The zero-order valence-corrected chi connectivity index (χ0v) is 23.1. The molecular weight excluding hydrogens is 522 g/mol. The predicted molar refractivity (Wildman–Crippen MR) is 145 cm³/mol. The molecule has 0 atom stereocenters. The first-order valence-electron chi connectivity index (χ1n) is 12.9. The maximum Gasteiger partial charge on any atom is 0.263 e. The Morgan fingerprint density at radius 3 is 2.46 bits per heavy atom. The van der Waals surface area contributed by atoms with Crippen molar-refractivity contribution in [2.24, 2.45) is 0 Å². The second kappa shape index (κ2) is 10.8. The van der Waals surface area contributed by atoms with Crippen LogP contribution >= 0.6 is 0 Å². The number of pyridine rings is 1. The van der Waals surface area contributed by atoms with Crippen LogP contribution in [-0.2, 0) is 16.6 Å². The fourth-order valence-corrected chi connectivity index (χ4v) is 5.92. The molecule has 206 valence electrons. The molecule has 0 unspecified atom stereocenters. The first kappa shape index (κ1) is 26.8. The van der Waals surface area contributed by atoms with Crippen LogP contribution in [0, 0.1) is 0 Å². The topological polar surface area (TPSA) is 152 Å². The van der Waals surface area contributed by atoms with Crippen molar-refractivity contribution in [3.05, 3.63) is 41.2 Å². The zero-order valence-electron chi connectivity index (χ0n) is 22.3. The predicted octanol–water partition coefficient (Wildman–Crippen LogP) is 1.77. The minimum Gasteiger partial charge on any atom is -0.474 e. The monoisotopic (exact) mass is 553 g/mol. The number of aromatic nitrogens is 7. The molecule has 0 bridgehead atoms. The van der Waals surface area contributed by atoms with Crippen LogP contribution in [0.4, 0.5) is 0 Å². The van der Waals surface area contributed by atoms with Crippen LogP contribution in [0.5, 0.6) is 5.88 Å². The van der Waals surface area contributed by atoms with E-state index in [2.05, 4.69) is 36.9 Å². The molecule has 1 aliphatic rings. The largest absolute Gasteiger partial charge is 0.474 e. The number of hydrogen-bond acceptors (Lipinski definition) is 10. The highest BCUT2D eigenvalue weighted by Gasteiger charge is 2.30. The smallest absolute Gasteiger partial charge is 0.263 e. The summed E-state index contributed by atoms with van der Waals surface area (Å²) in [6, 6.07) is 1.46. The van der Waals surface area contributed by atoms with Crippen molar-refractivity contribution < 1.29 is 13.2 Å². The minimum atomic E-state index is -3.83. The van der Waals surface area contributed by atoms with Crippen LogP contribution in [0.25, 0.3) is 33.8 Å². The van der Waals surface area contributed by atoms with E-state index < -0.39 is 15.6 Å². The summed E-state index contributed by atoms with van der Waals surface area (Å²) in [5.41, 5.74) is 0.947. The van der Waals surface area contributed by atoms with Gasteiger partial charge in [0.25, 0.3) is 5.56 Å². The molecule has 0 spiro atoms. The Kier molecular flexibility index (Phi) is 7.42. The van der Waals surface area contributed by atoms with Gasteiger partial charge < -0.3 is 14.6 Å². The van der Waals surface area contributed by atoms with Gasteiger partial charge in [0.1, 0.15) is 27.5 Å². The average molecular weight is 554 g/mol. The summed E-state index contributed by atoms with van der Waals surface area (Å²) < 4.78 is 36.0. The van der Waals surface area contributed by atoms with Crippen molar-refractivity contribution in [3.63, 3.8) is 0 Å². The quantitative estimate of drug-likeness (QED) is 0.342. The molecule has 1 fully saturated rings. The van der Waals surface area contributed by atoms with Gasteiger partial charge >= 0.3 is 0 Å². The Balaban J connectivity index is 1.64. The number of fused-ring (bicyclic) bond motifs is 1. The molecule has 0 aliphatic carbocycles. The number of nitrogens with zero attached hydrogens (tertiary/aromatic N) is 8. The summed E-state index contributed by atoms with van der Waals surface area (Å²) in [4.78, 5) is 35.9. The van der Waals surface area contributed by atoms with Gasteiger partial charge in [-0.3, -0.25) is 14.8 Å². The van der Waals surface area contributed by atoms with Gasteiger partial charge in [-0.25, -0.2) is 23.1 Å². The maximum absolute atomic E-state index is 13.5. The van der Waals surface area contributed by atoms with Gasteiger partial charge in [0.15, 0.2) is 5.65 Å². The number of nitrogens with one attached hydrogen (secondary N) is 1. The number of aromatic amines is 1. The second-order valence-corrected chi connectivity index (χ2v) is 11.3. The Morgan fingerprint density at radius 2 is 1.82 bits per heavy atom. The van der Waals surface area contributed by atoms with Gasteiger partial charge in [0.2, 0.25) is 15.9 Å². The zero-order chi connectivity index (χ0) is 27.7. The summed E-state index contributed by atoms with van der Waals surface area (Å²) >= 11 is 0. The summed E-state index contributed by atoms with van der Waals surface area (Å²) in [6.45, 7) is 11.0. The van der Waals surface area contributed by atoms with E-state index >= 15 is 0 Å². The molecule has 39 heavy (non-hydrogen) atoms. The number of sulfonamides is 1. The van der Waals surface area contributed by atoms with E-state index in [-0.39, 0.29) is 33.7 Å². The first-order chi connectivity index (χ1) is 18.7. The minimum absolute atomic E-state index is 0.00514. The molecule has 13 nitrogen and oxygen atoms in total. The second-order valence-electron chi connectivity index (χ2n) is 9.40. The normalized spacial score (nSPS) is 15.3. The molecule has 1 saturated heterocycles. The number of piperazine rings is 1. The van der Waals surface area contributed by atoms with Crippen molar-refractivity contribution in [1.82, 2.24) is 43.9 Å². The Bertz CT molecular complexity index is 1640. The fraction of sp³-hybridized carbons (Fsp3) is 0.440. The van der Waals surface area contributed by atoms with E-state index in [9.17, 15) is 13.2 Å². The van der Waals surface area contributed by atoms with Crippen molar-refractivity contribution in [2.75, 3.05) is 32.7 Å². The van der Waals surface area contributed by atoms with Gasteiger partial charge in [-0.2, -0.15) is 9.40 Å². The molecule has 1 aliphatic heterocycles. The number of likely N-dealkylation sites (N-methyl/N-ethyl adjacent to an activating group) is 1. The van der Waals surface area contributed by atoms with Crippen LogP contribution in [0.3, 0.4) is 0 Å². The van der Waals surface area contributed by atoms with E-state index in [4.69, 9.17) is 9.72 Å². The van der Waals surface area contributed by atoms with E-state index in [0.29, 0.717) is 49.8 Å². The Morgan fingerprint density at radius 1 is 1.05 bits per heavy atom. The van der Waals surface area contributed by atoms with Gasteiger partial charge in [-0.1, -0.05) is 6.92 Å². The molecular formula is C25H31N9O4S. The summed E-state index contributed by atoms with van der Waals surface area (Å²) in [5, 5.41) is 4.82. The molecule has 0 saturated carbocycles. The lowest BCUT2D eigenvalue weighted by Crippen LogP contribution is -2.48. The Labute approximate surface area is 225 Å². The van der Waals surface area contributed by atoms with Crippen molar-refractivity contribution in [3.8, 4) is 28.7 Å². The number of ether oxygens (including phenoxy) is 1. The molecule has 0 radical (unpaired) electrons. The molecule has 4 aromatic rings.